The van der Waals surface area contributed by atoms with Crippen LogP contribution in [0.2, 0.25) is 0 Å². The number of nitro groups is 1. The second-order valence-corrected chi connectivity index (χ2v) is 6.25. The maximum Gasteiger partial charge on any atom is 0.271 e. The number of thioether (sulfide) groups is 1. The molecule has 0 aliphatic carbocycles. The van der Waals surface area contributed by atoms with E-state index in [1.807, 2.05) is 11.8 Å². The van der Waals surface area contributed by atoms with Crippen LogP contribution in [0.3, 0.4) is 0 Å². The molecule has 0 amide bonds. The standard InChI is InChI=1S/C11H13BrN2O2S/c1-7-9-5-8(14(15)16)6-10(12)11(9)13-3-2-4-17-7/h5-7,13H,2-4H2,1H3. The number of nitrogens with one attached hydrogen (secondary N) is 1. The first kappa shape index (κ1) is 12.7. The van der Waals surface area contributed by atoms with Crippen molar-refractivity contribution in [3.8, 4) is 0 Å². The number of fused-ring (bicyclic) bond motifs is 1. The molecule has 1 aromatic carbocycles. The van der Waals surface area contributed by atoms with Crippen molar-refractivity contribution >= 4 is 39.1 Å². The molecule has 92 valence electrons. The minimum Gasteiger partial charge on any atom is -0.384 e. The van der Waals surface area contributed by atoms with Gasteiger partial charge in [-0.05, 0) is 40.6 Å². The number of hydrogen-bond donors (Lipinski definition) is 1. The Morgan fingerprint density at radius 3 is 3.06 bits per heavy atom. The molecule has 0 bridgehead atoms. The SMILES string of the molecule is CC1SCCCNc2c(Br)cc([N+](=O)[O-])cc21. The zero-order chi connectivity index (χ0) is 12.4. The normalized spacial score (nSPS) is 19.8. The van der Waals surface area contributed by atoms with Crippen molar-refractivity contribution in [3.05, 3.63) is 32.3 Å². The molecule has 1 heterocycles. The molecule has 4 nitrogen and oxygen atoms in total. The third-order valence-corrected chi connectivity index (χ3v) is 4.65. The van der Waals surface area contributed by atoms with E-state index in [-0.39, 0.29) is 15.9 Å². The van der Waals surface area contributed by atoms with Crippen molar-refractivity contribution in [3.63, 3.8) is 0 Å². The topological polar surface area (TPSA) is 55.2 Å². The molecule has 0 fully saturated rings. The van der Waals surface area contributed by atoms with Gasteiger partial charge in [-0.15, -0.1) is 0 Å². The van der Waals surface area contributed by atoms with Crippen LogP contribution in [0, 0.1) is 10.1 Å². The van der Waals surface area contributed by atoms with Gasteiger partial charge in [0.2, 0.25) is 0 Å². The highest BCUT2D eigenvalue weighted by Crippen LogP contribution is 2.41. The lowest BCUT2D eigenvalue weighted by Crippen LogP contribution is -2.10. The van der Waals surface area contributed by atoms with Crippen molar-refractivity contribution in [2.75, 3.05) is 17.6 Å². The first-order chi connectivity index (χ1) is 8.09. The van der Waals surface area contributed by atoms with Crippen LogP contribution >= 0.6 is 27.7 Å². The zero-order valence-electron chi connectivity index (χ0n) is 9.40. The molecule has 0 saturated carbocycles. The molecule has 0 radical (unpaired) electrons. The summed E-state index contributed by atoms with van der Waals surface area (Å²) in [4.78, 5) is 10.5. The van der Waals surface area contributed by atoms with E-state index in [0.717, 1.165) is 34.4 Å². The van der Waals surface area contributed by atoms with E-state index in [0.29, 0.717) is 0 Å². The highest BCUT2D eigenvalue weighted by atomic mass is 79.9. The molecule has 0 saturated heterocycles. The van der Waals surface area contributed by atoms with E-state index in [1.165, 1.54) is 0 Å². The molecule has 1 N–H and O–H groups in total. The highest BCUT2D eigenvalue weighted by molar-refractivity contribution is 9.10. The minimum atomic E-state index is -0.346. The number of nitro benzene ring substituents is 1. The van der Waals surface area contributed by atoms with Crippen molar-refractivity contribution in [1.82, 2.24) is 0 Å². The summed E-state index contributed by atoms with van der Waals surface area (Å²) in [5, 5.41) is 14.5. The van der Waals surface area contributed by atoms with Gasteiger partial charge in [-0.2, -0.15) is 11.8 Å². The van der Waals surface area contributed by atoms with Crippen LogP contribution in [0.5, 0.6) is 0 Å². The molecule has 1 aliphatic heterocycles. The van der Waals surface area contributed by atoms with Crippen molar-refractivity contribution in [2.24, 2.45) is 0 Å². The van der Waals surface area contributed by atoms with E-state index >= 15 is 0 Å². The smallest absolute Gasteiger partial charge is 0.271 e. The van der Waals surface area contributed by atoms with Gasteiger partial charge in [0.25, 0.3) is 5.69 Å². The molecule has 0 aromatic heterocycles. The highest BCUT2D eigenvalue weighted by Gasteiger charge is 2.20. The second-order valence-electron chi connectivity index (χ2n) is 3.94. The predicted molar refractivity (Wildman–Crippen MR) is 74.8 cm³/mol. The maximum atomic E-state index is 10.9. The molecule has 0 spiro atoms. The number of benzene rings is 1. The molecule has 1 atom stereocenters. The van der Waals surface area contributed by atoms with Crippen LogP contribution in [-0.4, -0.2) is 17.2 Å². The van der Waals surface area contributed by atoms with Crippen LogP contribution in [-0.2, 0) is 0 Å². The van der Waals surface area contributed by atoms with E-state index in [2.05, 4.69) is 28.2 Å². The monoisotopic (exact) mass is 316 g/mol. The first-order valence-corrected chi connectivity index (χ1v) is 7.27. The Morgan fingerprint density at radius 2 is 2.35 bits per heavy atom. The number of rotatable bonds is 1. The fourth-order valence-corrected chi connectivity index (χ4v) is 3.49. The lowest BCUT2D eigenvalue weighted by Gasteiger charge is -2.21. The number of hydrogen-bond acceptors (Lipinski definition) is 4. The molecule has 1 aliphatic rings. The summed E-state index contributed by atoms with van der Waals surface area (Å²) in [6.07, 6.45) is 1.11. The first-order valence-electron chi connectivity index (χ1n) is 5.43. The summed E-state index contributed by atoms with van der Waals surface area (Å²) < 4.78 is 0.774. The lowest BCUT2D eigenvalue weighted by atomic mass is 10.1. The second kappa shape index (κ2) is 5.27. The van der Waals surface area contributed by atoms with Crippen LogP contribution < -0.4 is 5.32 Å². The van der Waals surface area contributed by atoms with Gasteiger partial charge in [0.15, 0.2) is 0 Å². The summed E-state index contributed by atoms with van der Waals surface area (Å²) >= 11 is 5.25. The van der Waals surface area contributed by atoms with Gasteiger partial charge in [-0.3, -0.25) is 10.1 Å². The van der Waals surface area contributed by atoms with Crippen molar-refractivity contribution in [2.45, 2.75) is 18.6 Å². The van der Waals surface area contributed by atoms with Crippen molar-refractivity contribution < 1.29 is 4.92 Å². The molecule has 2 rings (SSSR count). The molecular formula is C11H13BrN2O2S. The van der Waals surface area contributed by atoms with Gasteiger partial charge in [-0.25, -0.2) is 0 Å². The van der Waals surface area contributed by atoms with Gasteiger partial charge in [0.1, 0.15) is 0 Å². The Hall–Kier alpha value is -0.750. The van der Waals surface area contributed by atoms with Crippen LogP contribution in [0.25, 0.3) is 0 Å². The Bertz CT molecular complexity index is 453. The molecule has 6 heteroatoms. The maximum absolute atomic E-state index is 10.9. The van der Waals surface area contributed by atoms with E-state index in [9.17, 15) is 10.1 Å². The van der Waals surface area contributed by atoms with Gasteiger partial charge < -0.3 is 5.32 Å². The number of halogens is 1. The molecular weight excluding hydrogens is 304 g/mol. The van der Waals surface area contributed by atoms with Gasteiger partial charge in [-0.1, -0.05) is 0 Å². The summed E-state index contributed by atoms with van der Waals surface area (Å²) in [5.74, 6) is 1.08. The summed E-state index contributed by atoms with van der Waals surface area (Å²) in [6.45, 7) is 3.00. The summed E-state index contributed by atoms with van der Waals surface area (Å²) in [5.41, 5.74) is 2.15. The van der Waals surface area contributed by atoms with Gasteiger partial charge in [0, 0.05) is 28.4 Å². The average molecular weight is 317 g/mol. The molecule has 17 heavy (non-hydrogen) atoms. The Morgan fingerprint density at radius 1 is 1.59 bits per heavy atom. The van der Waals surface area contributed by atoms with E-state index < -0.39 is 0 Å². The third-order valence-electron chi connectivity index (χ3n) is 2.75. The number of nitrogens with zero attached hydrogens (tertiary/aromatic N) is 1. The third kappa shape index (κ3) is 2.74. The van der Waals surface area contributed by atoms with Gasteiger partial charge >= 0.3 is 0 Å². The zero-order valence-corrected chi connectivity index (χ0v) is 11.8. The predicted octanol–water partition coefficient (Wildman–Crippen LogP) is 3.97. The largest absolute Gasteiger partial charge is 0.384 e. The van der Waals surface area contributed by atoms with Crippen LogP contribution in [0.15, 0.2) is 16.6 Å². The van der Waals surface area contributed by atoms with Crippen LogP contribution in [0.1, 0.15) is 24.2 Å². The average Bonchev–Trinajstić information content (AvgIpc) is 2.26. The lowest BCUT2D eigenvalue weighted by molar-refractivity contribution is -0.385. The fraction of sp³-hybridized carbons (Fsp3) is 0.455. The fourth-order valence-electron chi connectivity index (χ4n) is 1.86. The minimum absolute atomic E-state index is 0.144. The summed E-state index contributed by atoms with van der Waals surface area (Å²) in [6, 6.07) is 3.24. The summed E-state index contributed by atoms with van der Waals surface area (Å²) in [7, 11) is 0. The Balaban J connectivity index is 2.51. The van der Waals surface area contributed by atoms with E-state index in [1.54, 1.807) is 12.1 Å². The number of anilines is 1. The van der Waals surface area contributed by atoms with Gasteiger partial charge in [0.05, 0.1) is 10.6 Å². The molecule has 1 aromatic rings. The van der Waals surface area contributed by atoms with E-state index in [4.69, 9.17) is 0 Å². The Kier molecular flexibility index (Phi) is 3.93. The van der Waals surface area contributed by atoms with Crippen LogP contribution in [0.4, 0.5) is 11.4 Å². The quantitative estimate of drug-likeness (QED) is 0.629. The molecule has 1 unspecified atom stereocenters. The number of non-ortho nitro benzene ring substituents is 1. The Labute approximate surface area is 112 Å². The van der Waals surface area contributed by atoms with Crippen molar-refractivity contribution in [1.29, 1.82) is 0 Å².